The number of carbonyl (C=O) groups excluding carboxylic acids is 1. The Labute approximate surface area is 126 Å². The van der Waals surface area contributed by atoms with E-state index in [1.54, 1.807) is 0 Å². The number of nitrogens with zero attached hydrogens (tertiary/aromatic N) is 2. The highest BCUT2D eigenvalue weighted by Gasteiger charge is 2.33. The molecule has 1 aromatic carbocycles. The number of aryl methyl sites for hydroxylation is 1. The molecule has 0 unspecified atom stereocenters. The molecule has 1 heterocycles. The standard InChI is InChI=1S/C17H22N2O2/c1-11-9-13(19(5)6)8-7-12(11)10-14-15(17(2,3)4)18-21-16(14)20/h7-10H,1-6H3/b14-10-. The van der Waals surface area contributed by atoms with Gasteiger partial charge in [0.2, 0.25) is 0 Å². The van der Waals surface area contributed by atoms with Gasteiger partial charge in [-0.1, -0.05) is 32.0 Å². The second-order valence-corrected chi connectivity index (χ2v) is 6.56. The molecule has 4 nitrogen and oxygen atoms in total. The molecule has 21 heavy (non-hydrogen) atoms. The van der Waals surface area contributed by atoms with Gasteiger partial charge in [0, 0.05) is 25.2 Å². The van der Waals surface area contributed by atoms with Crippen molar-refractivity contribution in [2.45, 2.75) is 27.7 Å². The zero-order valence-corrected chi connectivity index (χ0v) is 13.5. The number of oxime groups is 1. The summed E-state index contributed by atoms with van der Waals surface area (Å²) in [5, 5.41) is 3.93. The van der Waals surface area contributed by atoms with Crippen LogP contribution in [-0.4, -0.2) is 25.8 Å². The maximum Gasteiger partial charge on any atom is 0.367 e. The van der Waals surface area contributed by atoms with E-state index in [9.17, 15) is 4.79 Å². The third-order valence-corrected chi connectivity index (χ3v) is 3.47. The third kappa shape index (κ3) is 3.15. The lowest BCUT2D eigenvalue weighted by Gasteiger charge is -2.17. The molecule has 0 saturated carbocycles. The van der Waals surface area contributed by atoms with Gasteiger partial charge in [0.15, 0.2) is 0 Å². The predicted molar refractivity (Wildman–Crippen MR) is 86.5 cm³/mol. The summed E-state index contributed by atoms with van der Waals surface area (Å²) < 4.78 is 0. The largest absolute Gasteiger partial charge is 0.378 e. The van der Waals surface area contributed by atoms with E-state index in [1.807, 2.05) is 60.0 Å². The molecule has 0 fully saturated rings. The van der Waals surface area contributed by atoms with Gasteiger partial charge in [-0.3, -0.25) is 0 Å². The molecular weight excluding hydrogens is 264 g/mol. The lowest BCUT2D eigenvalue weighted by Crippen LogP contribution is -2.22. The first-order valence-electron chi connectivity index (χ1n) is 7.00. The van der Waals surface area contributed by atoms with Gasteiger partial charge < -0.3 is 9.74 Å². The van der Waals surface area contributed by atoms with Crippen molar-refractivity contribution < 1.29 is 9.63 Å². The van der Waals surface area contributed by atoms with Crippen LogP contribution in [0, 0.1) is 12.3 Å². The van der Waals surface area contributed by atoms with Crippen LogP contribution in [0.2, 0.25) is 0 Å². The molecule has 0 atom stereocenters. The van der Waals surface area contributed by atoms with Crippen molar-refractivity contribution in [1.82, 2.24) is 0 Å². The van der Waals surface area contributed by atoms with Gasteiger partial charge in [0.1, 0.15) is 5.71 Å². The highest BCUT2D eigenvalue weighted by molar-refractivity contribution is 6.26. The lowest BCUT2D eigenvalue weighted by molar-refractivity contribution is -0.136. The molecule has 0 N–H and O–H groups in total. The summed E-state index contributed by atoms with van der Waals surface area (Å²) in [5.74, 6) is -0.379. The summed E-state index contributed by atoms with van der Waals surface area (Å²) >= 11 is 0. The Morgan fingerprint density at radius 2 is 1.90 bits per heavy atom. The molecule has 0 bridgehead atoms. The first-order chi connectivity index (χ1) is 9.70. The molecule has 0 spiro atoms. The second-order valence-electron chi connectivity index (χ2n) is 6.56. The molecule has 2 rings (SSSR count). The zero-order valence-electron chi connectivity index (χ0n) is 13.5. The van der Waals surface area contributed by atoms with Crippen LogP contribution in [0.3, 0.4) is 0 Å². The molecule has 0 aliphatic carbocycles. The van der Waals surface area contributed by atoms with E-state index < -0.39 is 0 Å². The maximum atomic E-state index is 11.9. The summed E-state index contributed by atoms with van der Waals surface area (Å²) in [6, 6.07) is 6.15. The highest BCUT2D eigenvalue weighted by atomic mass is 16.7. The minimum atomic E-state index is -0.379. The fraction of sp³-hybridized carbons (Fsp3) is 0.412. The Morgan fingerprint density at radius 1 is 1.24 bits per heavy atom. The van der Waals surface area contributed by atoms with Crippen molar-refractivity contribution in [1.29, 1.82) is 0 Å². The number of carbonyl (C=O) groups is 1. The van der Waals surface area contributed by atoms with Crippen LogP contribution in [0.4, 0.5) is 5.69 Å². The maximum absolute atomic E-state index is 11.9. The first kappa shape index (κ1) is 15.3. The number of rotatable bonds is 2. The van der Waals surface area contributed by atoms with E-state index in [2.05, 4.69) is 16.1 Å². The van der Waals surface area contributed by atoms with Gasteiger partial charge in [-0.2, -0.15) is 0 Å². The Morgan fingerprint density at radius 3 is 2.43 bits per heavy atom. The summed E-state index contributed by atoms with van der Waals surface area (Å²) in [4.78, 5) is 18.8. The first-order valence-corrected chi connectivity index (χ1v) is 7.00. The van der Waals surface area contributed by atoms with Crippen LogP contribution in [0.5, 0.6) is 0 Å². The molecule has 112 valence electrons. The van der Waals surface area contributed by atoms with Crippen molar-refractivity contribution in [2.24, 2.45) is 10.6 Å². The Hall–Kier alpha value is -2.10. The number of hydrogen-bond donors (Lipinski definition) is 0. The molecule has 1 aliphatic rings. The Kier molecular flexibility index (Phi) is 3.90. The molecule has 4 heteroatoms. The minimum absolute atomic E-state index is 0.227. The predicted octanol–water partition coefficient (Wildman–Crippen LogP) is 3.40. The second kappa shape index (κ2) is 5.35. The van der Waals surface area contributed by atoms with Gasteiger partial charge >= 0.3 is 5.97 Å². The van der Waals surface area contributed by atoms with Crippen molar-refractivity contribution in [2.75, 3.05) is 19.0 Å². The molecule has 0 aromatic heterocycles. The summed E-state index contributed by atoms with van der Waals surface area (Å²) in [6.07, 6.45) is 1.87. The van der Waals surface area contributed by atoms with Crippen molar-refractivity contribution in [3.05, 3.63) is 34.9 Å². The molecule has 1 aromatic rings. The fourth-order valence-electron chi connectivity index (χ4n) is 2.21. The smallest absolute Gasteiger partial charge is 0.367 e. The Balaban J connectivity index is 2.43. The van der Waals surface area contributed by atoms with Gasteiger partial charge in [-0.15, -0.1) is 0 Å². The van der Waals surface area contributed by atoms with E-state index in [-0.39, 0.29) is 11.4 Å². The minimum Gasteiger partial charge on any atom is -0.378 e. The number of anilines is 1. The molecule has 0 amide bonds. The van der Waals surface area contributed by atoms with E-state index in [0.29, 0.717) is 11.3 Å². The van der Waals surface area contributed by atoms with Gasteiger partial charge in [0.25, 0.3) is 0 Å². The zero-order chi connectivity index (χ0) is 15.8. The van der Waals surface area contributed by atoms with Crippen LogP contribution in [0.25, 0.3) is 6.08 Å². The van der Waals surface area contributed by atoms with Crippen LogP contribution < -0.4 is 4.90 Å². The van der Waals surface area contributed by atoms with Crippen molar-refractivity contribution >= 4 is 23.4 Å². The van der Waals surface area contributed by atoms with Gasteiger partial charge in [-0.05, 0) is 36.3 Å². The van der Waals surface area contributed by atoms with E-state index >= 15 is 0 Å². The lowest BCUT2D eigenvalue weighted by atomic mass is 9.85. The molecule has 0 saturated heterocycles. The normalized spacial score (nSPS) is 17.0. The van der Waals surface area contributed by atoms with E-state index in [1.165, 1.54) is 0 Å². The third-order valence-electron chi connectivity index (χ3n) is 3.47. The highest BCUT2D eigenvalue weighted by Crippen LogP contribution is 2.29. The molecule has 1 aliphatic heterocycles. The summed E-state index contributed by atoms with van der Waals surface area (Å²) in [6.45, 7) is 8.09. The van der Waals surface area contributed by atoms with Crippen molar-refractivity contribution in [3.8, 4) is 0 Å². The fourth-order valence-corrected chi connectivity index (χ4v) is 2.21. The van der Waals surface area contributed by atoms with Gasteiger partial charge in [0.05, 0.1) is 5.57 Å². The average molecular weight is 286 g/mol. The number of hydrogen-bond acceptors (Lipinski definition) is 4. The van der Waals surface area contributed by atoms with Crippen LogP contribution in [0.1, 0.15) is 31.9 Å². The van der Waals surface area contributed by atoms with Gasteiger partial charge in [-0.25, -0.2) is 4.79 Å². The van der Waals surface area contributed by atoms with Crippen LogP contribution >= 0.6 is 0 Å². The number of benzene rings is 1. The molecular formula is C17H22N2O2. The summed E-state index contributed by atoms with van der Waals surface area (Å²) in [5.41, 5.74) is 4.27. The van der Waals surface area contributed by atoms with Crippen LogP contribution in [-0.2, 0) is 9.63 Å². The quantitative estimate of drug-likeness (QED) is 0.618. The topological polar surface area (TPSA) is 41.9 Å². The molecule has 0 radical (unpaired) electrons. The van der Waals surface area contributed by atoms with Crippen molar-refractivity contribution in [3.63, 3.8) is 0 Å². The monoisotopic (exact) mass is 286 g/mol. The van der Waals surface area contributed by atoms with E-state index in [0.717, 1.165) is 16.8 Å². The Bertz CT molecular complexity index is 635. The summed E-state index contributed by atoms with van der Waals surface area (Å²) in [7, 11) is 4.01. The SMILES string of the molecule is Cc1cc(N(C)C)ccc1/C=C1\C(=O)ON=C1C(C)(C)C. The van der Waals surface area contributed by atoms with E-state index in [4.69, 9.17) is 4.84 Å². The van der Waals surface area contributed by atoms with Crippen LogP contribution in [0.15, 0.2) is 28.9 Å². The average Bonchev–Trinajstić information content (AvgIpc) is 2.73.